The fourth-order valence-corrected chi connectivity index (χ4v) is 3.67. The SMILES string of the molecule is C[S@@](=O)C[C@](O)(c1ccccc1)c1cccs1. The van der Waals surface area contributed by atoms with Crippen LogP contribution in [0.25, 0.3) is 0 Å². The molecule has 0 unspecified atom stereocenters. The predicted octanol–water partition coefficient (Wildman–Crippen LogP) is 2.36. The van der Waals surface area contributed by atoms with Crippen LogP contribution < -0.4 is 0 Å². The van der Waals surface area contributed by atoms with Crippen molar-refractivity contribution in [1.29, 1.82) is 0 Å². The maximum absolute atomic E-state index is 11.5. The van der Waals surface area contributed by atoms with Crippen molar-refractivity contribution in [2.45, 2.75) is 5.60 Å². The zero-order chi connectivity index (χ0) is 12.3. The fourth-order valence-electron chi connectivity index (χ4n) is 1.82. The van der Waals surface area contributed by atoms with Crippen molar-refractivity contribution in [2.24, 2.45) is 0 Å². The van der Waals surface area contributed by atoms with Crippen molar-refractivity contribution in [3.8, 4) is 0 Å². The van der Waals surface area contributed by atoms with Crippen LogP contribution in [-0.2, 0) is 16.4 Å². The van der Waals surface area contributed by atoms with Gasteiger partial charge >= 0.3 is 0 Å². The predicted molar refractivity (Wildman–Crippen MR) is 72.7 cm³/mol. The lowest BCUT2D eigenvalue weighted by atomic mass is 9.94. The van der Waals surface area contributed by atoms with Gasteiger partial charge in [-0.2, -0.15) is 0 Å². The van der Waals surface area contributed by atoms with Gasteiger partial charge in [-0.05, 0) is 17.0 Å². The van der Waals surface area contributed by atoms with Crippen molar-refractivity contribution in [3.63, 3.8) is 0 Å². The Labute approximate surface area is 107 Å². The summed E-state index contributed by atoms with van der Waals surface area (Å²) in [6.07, 6.45) is 1.61. The van der Waals surface area contributed by atoms with Gasteiger partial charge in [0.2, 0.25) is 0 Å². The first-order valence-electron chi connectivity index (χ1n) is 5.25. The molecule has 0 aliphatic heterocycles. The second-order valence-corrected chi connectivity index (χ2v) is 6.30. The Morgan fingerprint density at radius 2 is 1.94 bits per heavy atom. The molecule has 2 atom stereocenters. The minimum atomic E-state index is -1.14. The first-order chi connectivity index (χ1) is 8.13. The zero-order valence-electron chi connectivity index (χ0n) is 9.50. The number of rotatable bonds is 4. The topological polar surface area (TPSA) is 37.3 Å². The molecular formula is C13H14O2S2. The summed E-state index contributed by atoms with van der Waals surface area (Å²) in [4.78, 5) is 0.832. The third-order valence-electron chi connectivity index (χ3n) is 2.59. The highest BCUT2D eigenvalue weighted by Gasteiger charge is 2.33. The first kappa shape index (κ1) is 12.5. The van der Waals surface area contributed by atoms with E-state index in [2.05, 4.69) is 0 Å². The third-order valence-corrected chi connectivity index (χ3v) is 4.44. The van der Waals surface area contributed by atoms with Gasteiger partial charge in [0.1, 0.15) is 5.60 Å². The highest BCUT2D eigenvalue weighted by atomic mass is 32.2. The van der Waals surface area contributed by atoms with E-state index < -0.39 is 16.4 Å². The van der Waals surface area contributed by atoms with Gasteiger partial charge in [0, 0.05) is 21.9 Å². The molecule has 90 valence electrons. The molecule has 0 aliphatic carbocycles. The summed E-state index contributed by atoms with van der Waals surface area (Å²) in [5.74, 6) is 0.220. The average molecular weight is 266 g/mol. The third kappa shape index (κ3) is 2.65. The van der Waals surface area contributed by atoms with E-state index in [1.54, 1.807) is 6.26 Å². The molecule has 0 aliphatic rings. The highest BCUT2D eigenvalue weighted by molar-refractivity contribution is 7.84. The summed E-state index contributed by atoms with van der Waals surface area (Å²) < 4.78 is 11.5. The van der Waals surface area contributed by atoms with Gasteiger partial charge in [0.25, 0.3) is 0 Å². The molecule has 0 saturated carbocycles. The minimum Gasteiger partial charge on any atom is -0.379 e. The van der Waals surface area contributed by atoms with Gasteiger partial charge in [-0.1, -0.05) is 36.4 Å². The summed E-state index contributed by atoms with van der Waals surface area (Å²) in [6.45, 7) is 0. The van der Waals surface area contributed by atoms with Crippen LogP contribution in [0.5, 0.6) is 0 Å². The zero-order valence-corrected chi connectivity index (χ0v) is 11.1. The Bertz CT molecular complexity index is 493. The standard InChI is InChI=1S/C13H14O2S2/c1-17(15)10-13(14,12-8-5-9-16-12)11-6-3-2-4-7-11/h2-9,14H,10H2,1H3/t13-,17+/m0/s1. The summed E-state index contributed by atoms with van der Waals surface area (Å²) >= 11 is 1.48. The van der Waals surface area contributed by atoms with Gasteiger partial charge < -0.3 is 5.11 Å². The van der Waals surface area contributed by atoms with E-state index >= 15 is 0 Å². The van der Waals surface area contributed by atoms with Crippen molar-refractivity contribution < 1.29 is 9.32 Å². The Balaban J connectivity index is 2.48. The van der Waals surface area contributed by atoms with Crippen molar-refractivity contribution >= 4 is 22.1 Å². The Morgan fingerprint density at radius 1 is 1.24 bits per heavy atom. The summed E-state index contributed by atoms with van der Waals surface area (Å²) in [5, 5.41) is 12.7. The molecule has 1 aromatic carbocycles. The normalized spacial score (nSPS) is 16.4. The van der Waals surface area contributed by atoms with Crippen LogP contribution in [0.3, 0.4) is 0 Å². The molecule has 0 fully saturated rings. The number of benzene rings is 1. The Kier molecular flexibility index (Phi) is 3.76. The second kappa shape index (κ2) is 5.12. The number of thiophene rings is 1. The van der Waals surface area contributed by atoms with Gasteiger partial charge in [0.15, 0.2) is 0 Å². The van der Waals surface area contributed by atoms with E-state index in [1.807, 2.05) is 47.8 Å². The van der Waals surface area contributed by atoms with Crippen LogP contribution >= 0.6 is 11.3 Å². The molecule has 17 heavy (non-hydrogen) atoms. The van der Waals surface area contributed by atoms with Crippen molar-refractivity contribution in [1.82, 2.24) is 0 Å². The highest BCUT2D eigenvalue weighted by Crippen LogP contribution is 2.33. The van der Waals surface area contributed by atoms with Crippen molar-refractivity contribution in [2.75, 3.05) is 12.0 Å². The lowest BCUT2D eigenvalue weighted by Gasteiger charge is -2.26. The number of hydrogen-bond donors (Lipinski definition) is 1. The average Bonchev–Trinajstić information content (AvgIpc) is 2.83. The first-order valence-corrected chi connectivity index (χ1v) is 7.85. The van der Waals surface area contributed by atoms with E-state index in [1.165, 1.54) is 11.3 Å². The number of hydrogen-bond acceptors (Lipinski definition) is 3. The minimum absolute atomic E-state index is 0.220. The van der Waals surface area contributed by atoms with Crippen LogP contribution in [0.4, 0.5) is 0 Å². The summed E-state index contributed by atoms with van der Waals surface area (Å²) in [7, 11) is -1.06. The van der Waals surface area contributed by atoms with E-state index in [0.29, 0.717) is 0 Å². The lowest BCUT2D eigenvalue weighted by Crippen LogP contribution is -2.32. The molecule has 0 spiro atoms. The summed E-state index contributed by atoms with van der Waals surface area (Å²) in [5.41, 5.74) is -0.354. The largest absolute Gasteiger partial charge is 0.379 e. The van der Waals surface area contributed by atoms with Gasteiger partial charge in [-0.3, -0.25) is 4.21 Å². The van der Waals surface area contributed by atoms with Gasteiger partial charge in [-0.25, -0.2) is 0 Å². The molecule has 2 rings (SSSR count). The maximum atomic E-state index is 11.5. The molecule has 1 aromatic heterocycles. The van der Waals surface area contributed by atoms with Gasteiger partial charge in [0.05, 0.1) is 5.75 Å². The molecule has 2 nitrogen and oxygen atoms in total. The Morgan fingerprint density at radius 3 is 2.47 bits per heavy atom. The fraction of sp³-hybridized carbons (Fsp3) is 0.231. The van der Waals surface area contributed by atoms with E-state index in [-0.39, 0.29) is 5.75 Å². The van der Waals surface area contributed by atoms with Crippen LogP contribution in [0.15, 0.2) is 47.8 Å². The lowest BCUT2D eigenvalue weighted by molar-refractivity contribution is 0.111. The quantitative estimate of drug-likeness (QED) is 0.922. The smallest absolute Gasteiger partial charge is 0.135 e. The molecule has 1 N–H and O–H groups in total. The molecule has 4 heteroatoms. The maximum Gasteiger partial charge on any atom is 0.135 e. The van der Waals surface area contributed by atoms with Gasteiger partial charge in [-0.15, -0.1) is 11.3 Å². The van der Waals surface area contributed by atoms with E-state index in [9.17, 15) is 9.32 Å². The van der Waals surface area contributed by atoms with E-state index in [4.69, 9.17) is 0 Å². The Hall–Kier alpha value is -0.970. The molecule has 0 saturated heterocycles. The van der Waals surface area contributed by atoms with Crippen LogP contribution in [0.2, 0.25) is 0 Å². The monoisotopic (exact) mass is 266 g/mol. The molecule has 0 amide bonds. The number of aliphatic hydroxyl groups is 1. The summed E-state index contributed by atoms with van der Waals surface area (Å²) in [6, 6.07) is 13.2. The van der Waals surface area contributed by atoms with E-state index in [0.717, 1.165) is 10.4 Å². The van der Waals surface area contributed by atoms with Crippen molar-refractivity contribution in [3.05, 3.63) is 58.3 Å². The van der Waals surface area contributed by atoms with Crippen LogP contribution in [0.1, 0.15) is 10.4 Å². The molecule has 0 radical (unpaired) electrons. The van der Waals surface area contributed by atoms with Crippen LogP contribution in [0, 0.1) is 0 Å². The molecule has 0 bridgehead atoms. The molecule has 1 heterocycles. The molecular weight excluding hydrogens is 252 g/mol. The molecule has 2 aromatic rings. The second-order valence-electron chi connectivity index (χ2n) is 3.92. The van der Waals surface area contributed by atoms with Crippen LogP contribution in [-0.4, -0.2) is 21.3 Å².